The first-order chi connectivity index (χ1) is 17.1. The lowest BCUT2D eigenvalue weighted by atomic mass is 9.83. The van der Waals surface area contributed by atoms with Crippen LogP contribution in [0.2, 0.25) is 0 Å². The molecule has 3 saturated carbocycles. The van der Waals surface area contributed by atoms with Crippen LogP contribution in [0.4, 0.5) is 0 Å². The first-order valence-electron chi connectivity index (χ1n) is 13.6. The van der Waals surface area contributed by atoms with Crippen LogP contribution in [0.1, 0.15) is 84.8 Å². The lowest BCUT2D eigenvalue weighted by Crippen LogP contribution is -2.25. The summed E-state index contributed by atoms with van der Waals surface area (Å²) in [4.78, 5) is 26.2. The number of carbonyl (C=O) groups is 2. The van der Waals surface area contributed by atoms with Crippen molar-refractivity contribution in [2.75, 3.05) is 6.61 Å². The molecule has 0 heterocycles. The topological polar surface area (TPSA) is 52.6 Å². The molecular weight excluding hydrogens is 436 g/mol. The first kappa shape index (κ1) is 22.8. The van der Waals surface area contributed by atoms with Gasteiger partial charge >= 0.3 is 5.97 Å². The number of carbonyl (C=O) groups excluding carboxylic acids is 2. The molecule has 0 aliphatic heterocycles. The minimum atomic E-state index is -0.153. The van der Waals surface area contributed by atoms with Crippen LogP contribution >= 0.6 is 0 Å². The summed E-state index contributed by atoms with van der Waals surface area (Å²) >= 11 is 0. The zero-order valence-electron chi connectivity index (χ0n) is 20.6. The Kier molecular flexibility index (Phi) is 6.16. The second-order valence-electron chi connectivity index (χ2n) is 11.5. The van der Waals surface area contributed by atoms with Gasteiger partial charge in [0.25, 0.3) is 0 Å². The number of benzene rings is 2. The summed E-state index contributed by atoms with van der Waals surface area (Å²) in [5.74, 6) is 1.86. The summed E-state index contributed by atoms with van der Waals surface area (Å²) in [5, 5.41) is 0. The van der Waals surface area contributed by atoms with Gasteiger partial charge in [-0.15, -0.1) is 0 Å². The molecule has 2 unspecified atom stereocenters. The van der Waals surface area contributed by atoms with E-state index in [4.69, 9.17) is 9.47 Å². The van der Waals surface area contributed by atoms with Crippen molar-refractivity contribution >= 4 is 11.8 Å². The number of hydrogen-bond acceptors (Lipinski definition) is 4. The van der Waals surface area contributed by atoms with E-state index < -0.39 is 0 Å². The molecule has 4 heteroatoms. The van der Waals surface area contributed by atoms with E-state index >= 15 is 0 Å². The second kappa shape index (κ2) is 9.44. The molecule has 4 nitrogen and oxygen atoms in total. The number of ketones is 1. The van der Waals surface area contributed by atoms with Crippen LogP contribution in [0.3, 0.4) is 0 Å². The summed E-state index contributed by atoms with van der Waals surface area (Å²) in [5.41, 5.74) is 4.47. The van der Waals surface area contributed by atoms with Crippen molar-refractivity contribution in [1.29, 1.82) is 0 Å². The highest BCUT2D eigenvalue weighted by Gasteiger charge is 2.44. The fourth-order valence-corrected chi connectivity index (χ4v) is 7.18. The maximum absolute atomic E-state index is 13.3. The quantitative estimate of drug-likeness (QED) is 0.326. The molecule has 4 aliphatic rings. The van der Waals surface area contributed by atoms with Crippen LogP contribution in [-0.2, 0) is 29.0 Å². The maximum Gasteiger partial charge on any atom is 0.309 e. The second-order valence-corrected chi connectivity index (χ2v) is 11.5. The molecule has 4 aliphatic carbocycles. The molecule has 2 aromatic carbocycles. The Morgan fingerprint density at radius 1 is 0.857 bits per heavy atom. The fraction of sp³-hybridized carbons (Fsp3) is 0.548. The van der Waals surface area contributed by atoms with Crippen molar-refractivity contribution in [3.63, 3.8) is 0 Å². The third-order valence-electron chi connectivity index (χ3n) is 9.14. The van der Waals surface area contributed by atoms with E-state index in [-0.39, 0.29) is 29.7 Å². The predicted molar refractivity (Wildman–Crippen MR) is 134 cm³/mol. The van der Waals surface area contributed by atoms with Crippen molar-refractivity contribution < 1.29 is 19.1 Å². The third kappa shape index (κ3) is 4.64. The number of esters is 1. The van der Waals surface area contributed by atoms with Crippen LogP contribution < -0.4 is 4.74 Å². The molecule has 35 heavy (non-hydrogen) atoms. The van der Waals surface area contributed by atoms with Crippen LogP contribution in [-0.4, -0.2) is 18.4 Å². The zero-order chi connectivity index (χ0) is 23.8. The van der Waals surface area contributed by atoms with Gasteiger partial charge in [0.1, 0.15) is 12.4 Å². The van der Waals surface area contributed by atoms with Crippen molar-refractivity contribution in [3.8, 4) is 5.75 Å². The summed E-state index contributed by atoms with van der Waals surface area (Å²) in [7, 11) is 0. The predicted octanol–water partition coefficient (Wildman–Crippen LogP) is 6.48. The standard InChI is InChI=1S/C31H36O4/c32-28(20-35-30(33)25-10-6-9-23(25)22-11-12-22)24-13-14-29(34-19-21-7-2-1-3-8-21)27-18-31(17-26(24)27)15-4-5-16-31/h1-3,7-8,13-14,22-23,25H,4-6,9-12,15-20H2. The number of Topliss-reactive ketones (excluding diaryl/α,β-unsaturated/α-hetero) is 1. The van der Waals surface area contributed by atoms with E-state index in [0.29, 0.717) is 18.4 Å². The van der Waals surface area contributed by atoms with Gasteiger partial charge in [-0.05, 0) is 97.4 Å². The molecule has 2 aromatic rings. The van der Waals surface area contributed by atoms with E-state index in [1.165, 1.54) is 44.1 Å². The molecule has 1 spiro atoms. The number of rotatable bonds is 8. The van der Waals surface area contributed by atoms with Gasteiger partial charge in [0, 0.05) is 5.56 Å². The number of hydrogen-bond donors (Lipinski definition) is 0. The molecule has 6 rings (SSSR count). The van der Waals surface area contributed by atoms with Gasteiger partial charge in [0.15, 0.2) is 6.61 Å². The van der Waals surface area contributed by atoms with Gasteiger partial charge in [-0.25, -0.2) is 0 Å². The van der Waals surface area contributed by atoms with E-state index in [1.807, 2.05) is 30.3 Å². The van der Waals surface area contributed by atoms with Crippen LogP contribution in [0.5, 0.6) is 5.75 Å². The van der Waals surface area contributed by atoms with Crippen LogP contribution in [0.25, 0.3) is 0 Å². The van der Waals surface area contributed by atoms with Crippen molar-refractivity contribution in [3.05, 3.63) is 64.7 Å². The molecule has 0 aromatic heterocycles. The van der Waals surface area contributed by atoms with E-state index in [9.17, 15) is 9.59 Å². The Morgan fingerprint density at radius 2 is 1.63 bits per heavy atom. The molecule has 3 fully saturated rings. The number of fused-ring (bicyclic) bond motifs is 1. The zero-order valence-corrected chi connectivity index (χ0v) is 20.6. The van der Waals surface area contributed by atoms with Crippen molar-refractivity contribution in [1.82, 2.24) is 0 Å². The third-order valence-corrected chi connectivity index (χ3v) is 9.14. The average Bonchev–Trinajstić information content (AvgIpc) is 3.27. The molecule has 2 atom stereocenters. The highest BCUT2D eigenvalue weighted by molar-refractivity contribution is 6.00. The molecule has 0 radical (unpaired) electrons. The van der Waals surface area contributed by atoms with Gasteiger partial charge in [-0.3, -0.25) is 9.59 Å². The van der Waals surface area contributed by atoms with E-state index in [0.717, 1.165) is 54.5 Å². The largest absolute Gasteiger partial charge is 0.489 e. The Labute approximate surface area is 208 Å². The van der Waals surface area contributed by atoms with E-state index in [2.05, 4.69) is 12.1 Å². The number of ether oxygens (including phenoxy) is 2. The Balaban J connectivity index is 1.18. The normalized spacial score (nSPS) is 24.5. The Morgan fingerprint density at radius 3 is 2.40 bits per heavy atom. The molecular formula is C31H36O4. The SMILES string of the molecule is O=C(COC(=O)C1CCCC1C1CC1)c1ccc(OCc2ccccc2)c2c1CC1(CCCC1)C2. The minimum Gasteiger partial charge on any atom is -0.489 e. The molecule has 0 amide bonds. The minimum absolute atomic E-state index is 0.00321. The molecule has 184 valence electrons. The smallest absolute Gasteiger partial charge is 0.309 e. The summed E-state index contributed by atoms with van der Waals surface area (Å²) in [6.45, 7) is 0.380. The van der Waals surface area contributed by atoms with Gasteiger partial charge < -0.3 is 9.47 Å². The lowest BCUT2D eigenvalue weighted by Gasteiger charge is -2.21. The Hall–Kier alpha value is -2.62. The molecule has 0 bridgehead atoms. The monoisotopic (exact) mass is 472 g/mol. The molecule has 0 saturated heterocycles. The van der Waals surface area contributed by atoms with Crippen molar-refractivity contribution in [2.24, 2.45) is 23.2 Å². The summed E-state index contributed by atoms with van der Waals surface area (Å²) in [6, 6.07) is 14.1. The average molecular weight is 473 g/mol. The van der Waals surface area contributed by atoms with Crippen LogP contribution in [0.15, 0.2) is 42.5 Å². The van der Waals surface area contributed by atoms with Gasteiger partial charge in [-0.2, -0.15) is 0 Å². The van der Waals surface area contributed by atoms with Crippen LogP contribution in [0, 0.1) is 23.2 Å². The Bertz CT molecular complexity index is 1090. The summed E-state index contributed by atoms with van der Waals surface area (Å²) < 4.78 is 11.9. The van der Waals surface area contributed by atoms with Gasteiger partial charge in [0.2, 0.25) is 5.78 Å². The van der Waals surface area contributed by atoms with Crippen molar-refractivity contribution in [2.45, 2.75) is 77.2 Å². The summed E-state index contributed by atoms with van der Waals surface area (Å²) in [6.07, 6.45) is 12.5. The van der Waals surface area contributed by atoms with E-state index in [1.54, 1.807) is 0 Å². The maximum atomic E-state index is 13.3. The highest BCUT2D eigenvalue weighted by atomic mass is 16.5. The molecule has 0 N–H and O–H groups in total. The van der Waals surface area contributed by atoms with Gasteiger partial charge in [-0.1, -0.05) is 49.6 Å². The van der Waals surface area contributed by atoms with Gasteiger partial charge in [0.05, 0.1) is 5.92 Å². The lowest BCUT2D eigenvalue weighted by molar-refractivity contribution is -0.148. The first-order valence-corrected chi connectivity index (χ1v) is 13.6. The fourth-order valence-electron chi connectivity index (χ4n) is 7.18. The highest BCUT2D eigenvalue weighted by Crippen LogP contribution is 2.52.